The van der Waals surface area contributed by atoms with Crippen LogP contribution in [0.4, 0.5) is 0 Å². The van der Waals surface area contributed by atoms with Crippen molar-refractivity contribution in [1.29, 1.82) is 0 Å². The Bertz CT molecular complexity index is 234. The molecule has 0 radical (unpaired) electrons. The number of hydrogen-bond acceptors (Lipinski definition) is 3. The average molecular weight is 239 g/mol. The molecule has 2 aliphatic heterocycles. The van der Waals surface area contributed by atoms with Crippen molar-refractivity contribution in [2.45, 2.75) is 39.7 Å². The number of nitrogens with zero attached hydrogens (tertiary/aromatic N) is 2. The fraction of sp³-hybridized carbons (Fsp3) is 1.00. The molecule has 0 aromatic carbocycles. The third kappa shape index (κ3) is 3.21. The first kappa shape index (κ1) is 13.3. The molecular formula is C14H29N3. The molecule has 2 aliphatic rings. The van der Waals surface area contributed by atoms with Crippen LogP contribution in [0.1, 0.15) is 33.6 Å². The summed E-state index contributed by atoms with van der Waals surface area (Å²) in [6.45, 7) is 15.9. The van der Waals surface area contributed by atoms with E-state index in [0.29, 0.717) is 5.41 Å². The Balaban J connectivity index is 1.94. The summed E-state index contributed by atoms with van der Waals surface area (Å²) in [6, 6.07) is 0.790. The van der Waals surface area contributed by atoms with E-state index in [1.807, 2.05) is 0 Å². The van der Waals surface area contributed by atoms with E-state index >= 15 is 0 Å². The van der Waals surface area contributed by atoms with E-state index < -0.39 is 0 Å². The van der Waals surface area contributed by atoms with Gasteiger partial charge in [-0.25, -0.2) is 0 Å². The van der Waals surface area contributed by atoms with Crippen LogP contribution in [0.5, 0.6) is 0 Å². The Morgan fingerprint density at radius 1 is 1.18 bits per heavy atom. The normalized spacial score (nSPS) is 31.6. The molecule has 3 nitrogen and oxygen atoms in total. The van der Waals surface area contributed by atoms with Gasteiger partial charge in [0, 0.05) is 38.8 Å². The highest BCUT2D eigenvalue weighted by Crippen LogP contribution is 2.33. The van der Waals surface area contributed by atoms with Crippen molar-refractivity contribution in [3.05, 3.63) is 0 Å². The van der Waals surface area contributed by atoms with Crippen molar-refractivity contribution in [1.82, 2.24) is 15.1 Å². The smallest absolute Gasteiger partial charge is 0.0172 e. The second-order valence-corrected chi connectivity index (χ2v) is 6.36. The van der Waals surface area contributed by atoms with Gasteiger partial charge >= 0.3 is 0 Å². The molecule has 0 aliphatic carbocycles. The topological polar surface area (TPSA) is 18.5 Å². The lowest BCUT2D eigenvalue weighted by Gasteiger charge is -2.50. The van der Waals surface area contributed by atoms with Crippen molar-refractivity contribution in [2.24, 2.45) is 5.41 Å². The molecule has 3 heteroatoms. The monoisotopic (exact) mass is 239 g/mol. The highest BCUT2D eigenvalue weighted by Gasteiger charge is 2.38. The van der Waals surface area contributed by atoms with Crippen LogP contribution in [0.2, 0.25) is 0 Å². The minimum Gasteiger partial charge on any atom is -0.314 e. The van der Waals surface area contributed by atoms with E-state index in [1.165, 1.54) is 58.7 Å². The molecule has 0 spiro atoms. The maximum atomic E-state index is 3.46. The number of likely N-dealkylation sites (tertiary alicyclic amines) is 1. The van der Waals surface area contributed by atoms with Gasteiger partial charge in [0.1, 0.15) is 0 Å². The SMILES string of the molecule is CCCN1CCC(N2CCNCC2)C(C)(C)C1. The maximum absolute atomic E-state index is 3.46. The predicted molar refractivity (Wildman–Crippen MR) is 73.4 cm³/mol. The van der Waals surface area contributed by atoms with E-state index in [1.54, 1.807) is 0 Å². The van der Waals surface area contributed by atoms with Crippen molar-refractivity contribution in [3.8, 4) is 0 Å². The van der Waals surface area contributed by atoms with Gasteiger partial charge in [0.05, 0.1) is 0 Å². The first-order valence-electron chi connectivity index (χ1n) is 7.30. The quantitative estimate of drug-likeness (QED) is 0.803. The molecule has 2 fully saturated rings. The van der Waals surface area contributed by atoms with Crippen LogP contribution < -0.4 is 5.32 Å². The minimum atomic E-state index is 0.449. The highest BCUT2D eigenvalue weighted by molar-refractivity contribution is 4.94. The number of nitrogens with one attached hydrogen (secondary N) is 1. The fourth-order valence-electron chi connectivity index (χ4n) is 3.63. The van der Waals surface area contributed by atoms with E-state index in [9.17, 15) is 0 Å². The number of piperazine rings is 1. The second kappa shape index (κ2) is 5.68. The molecule has 0 amide bonds. The number of piperidine rings is 1. The molecule has 1 unspecified atom stereocenters. The molecule has 1 atom stereocenters. The van der Waals surface area contributed by atoms with Crippen molar-refractivity contribution in [2.75, 3.05) is 45.8 Å². The summed E-state index contributed by atoms with van der Waals surface area (Å²) in [6.07, 6.45) is 2.64. The molecule has 0 aromatic heterocycles. The summed E-state index contributed by atoms with van der Waals surface area (Å²) >= 11 is 0. The molecular weight excluding hydrogens is 210 g/mol. The van der Waals surface area contributed by atoms with Crippen molar-refractivity contribution < 1.29 is 0 Å². The second-order valence-electron chi connectivity index (χ2n) is 6.36. The molecule has 0 bridgehead atoms. The summed E-state index contributed by atoms with van der Waals surface area (Å²) in [5, 5.41) is 3.46. The van der Waals surface area contributed by atoms with E-state index in [2.05, 4.69) is 35.9 Å². The molecule has 1 N–H and O–H groups in total. The third-order valence-electron chi connectivity index (χ3n) is 4.38. The first-order chi connectivity index (χ1) is 8.13. The van der Waals surface area contributed by atoms with Crippen LogP contribution in [0.3, 0.4) is 0 Å². The Labute approximate surface area is 107 Å². The molecule has 2 rings (SSSR count). The van der Waals surface area contributed by atoms with Crippen LogP contribution in [0.15, 0.2) is 0 Å². The lowest BCUT2D eigenvalue weighted by Crippen LogP contribution is -2.59. The van der Waals surface area contributed by atoms with Crippen LogP contribution in [0.25, 0.3) is 0 Å². The lowest BCUT2D eigenvalue weighted by atomic mass is 9.78. The standard InChI is InChI=1S/C14H29N3/c1-4-8-16-9-5-13(14(2,3)12-16)17-10-6-15-7-11-17/h13,15H,4-12H2,1-3H3. The molecule has 0 aromatic rings. The maximum Gasteiger partial charge on any atom is 0.0172 e. The van der Waals surface area contributed by atoms with Gasteiger partial charge in [-0.3, -0.25) is 4.90 Å². The van der Waals surface area contributed by atoms with Crippen molar-refractivity contribution >= 4 is 0 Å². The zero-order valence-corrected chi connectivity index (χ0v) is 11.8. The molecule has 100 valence electrons. The largest absolute Gasteiger partial charge is 0.314 e. The Morgan fingerprint density at radius 3 is 2.47 bits per heavy atom. The van der Waals surface area contributed by atoms with Gasteiger partial charge < -0.3 is 10.2 Å². The van der Waals surface area contributed by atoms with E-state index in [-0.39, 0.29) is 0 Å². The van der Waals surface area contributed by atoms with Crippen LogP contribution in [-0.4, -0.2) is 61.7 Å². The summed E-state index contributed by atoms with van der Waals surface area (Å²) in [5.74, 6) is 0. The predicted octanol–water partition coefficient (Wildman–Crippen LogP) is 1.40. The summed E-state index contributed by atoms with van der Waals surface area (Å²) in [5.41, 5.74) is 0.449. The van der Waals surface area contributed by atoms with Crippen molar-refractivity contribution in [3.63, 3.8) is 0 Å². The Hall–Kier alpha value is -0.120. The van der Waals surface area contributed by atoms with Gasteiger partial charge in [-0.15, -0.1) is 0 Å². The summed E-state index contributed by atoms with van der Waals surface area (Å²) < 4.78 is 0. The number of rotatable bonds is 3. The fourth-order valence-corrected chi connectivity index (χ4v) is 3.63. The zero-order valence-electron chi connectivity index (χ0n) is 11.8. The minimum absolute atomic E-state index is 0.449. The highest BCUT2D eigenvalue weighted by atomic mass is 15.2. The first-order valence-corrected chi connectivity index (χ1v) is 7.30. The van der Waals surface area contributed by atoms with Gasteiger partial charge in [-0.1, -0.05) is 20.8 Å². The Kier molecular flexibility index (Phi) is 4.45. The van der Waals surface area contributed by atoms with Gasteiger partial charge in [0.15, 0.2) is 0 Å². The third-order valence-corrected chi connectivity index (χ3v) is 4.38. The van der Waals surface area contributed by atoms with Crippen LogP contribution in [0, 0.1) is 5.41 Å². The zero-order chi connectivity index (χ0) is 12.3. The van der Waals surface area contributed by atoms with Gasteiger partial charge in [0.2, 0.25) is 0 Å². The summed E-state index contributed by atoms with van der Waals surface area (Å²) in [4.78, 5) is 5.37. The number of hydrogen-bond donors (Lipinski definition) is 1. The van der Waals surface area contributed by atoms with Crippen LogP contribution >= 0.6 is 0 Å². The van der Waals surface area contributed by atoms with E-state index in [0.717, 1.165) is 6.04 Å². The molecule has 0 saturated carbocycles. The Morgan fingerprint density at radius 2 is 1.88 bits per heavy atom. The van der Waals surface area contributed by atoms with Crippen LogP contribution in [-0.2, 0) is 0 Å². The lowest BCUT2D eigenvalue weighted by molar-refractivity contribution is 0.000813. The average Bonchev–Trinajstić information content (AvgIpc) is 2.29. The van der Waals surface area contributed by atoms with Gasteiger partial charge in [-0.05, 0) is 31.3 Å². The van der Waals surface area contributed by atoms with Gasteiger partial charge in [-0.2, -0.15) is 0 Å². The molecule has 17 heavy (non-hydrogen) atoms. The molecule has 2 saturated heterocycles. The molecule has 2 heterocycles. The van der Waals surface area contributed by atoms with E-state index in [4.69, 9.17) is 0 Å². The summed E-state index contributed by atoms with van der Waals surface area (Å²) in [7, 11) is 0. The van der Waals surface area contributed by atoms with Gasteiger partial charge in [0.25, 0.3) is 0 Å².